The molecule has 0 saturated carbocycles. The average Bonchev–Trinajstić information content (AvgIpc) is 2.96. The molecule has 7 nitrogen and oxygen atoms in total. The maximum atomic E-state index is 14.2. The lowest BCUT2D eigenvalue weighted by atomic mass is 10.2. The van der Waals surface area contributed by atoms with Crippen molar-refractivity contribution in [3.63, 3.8) is 0 Å². The molecule has 2 aromatic carbocycles. The quantitative estimate of drug-likeness (QED) is 0.481. The second-order valence-electron chi connectivity index (χ2n) is 9.93. The zero-order chi connectivity index (χ0) is 25.8. The fraction of sp³-hybridized carbons (Fsp3) is 0.429. The van der Waals surface area contributed by atoms with Crippen molar-refractivity contribution >= 4 is 5.91 Å². The van der Waals surface area contributed by atoms with Crippen molar-refractivity contribution in [1.82, 2.24) is 19.2 Å². The number of hydrogen-bond donors (Lipinski definition) is 0. The van der Waals surface area contributed by atoms with Gasteiger partial charge >= 0.3 is 0 Å². The number of benzene rings is 2. The Hall–Kier alpha value is -3.23. The smallest absolute Gasteiger partial charge is 0.276 e. The zero-order valence-electron chi connectivity index (χ0n) is 21.5. The van der Waals surface area contributed by atoms with Gasteiger partial charge in [-0.1, -0.05) is 50.2 Å². The van der Waals surface area contributed by atoms with Gasteiger partial charge in [-0.3, -0.25) is 19.2 Å². The molecular weight excluding hydrogens is 459 g/mol. The molecule has 8 heteroatoms. The predicted octanol–water partition coefficient (Wildman–Crippen LogP) is 3.51. The van der Waals surface area contributed by atoms with Gasteiger partial charge in [-0.2, -0.15) is 0 Å². The molecule has 192 valence electrons. The zero-order valence-corrected chi connectivity index (χ0v) is 21.5. The van der Waals surface area contributed by atoms with E-state index >= 15 is 0 Å². The minimum absolute atomic E-state index is 0.0117. The van der Waals surface area contributed by atoms with Crippen molar-refractivity contribution < 1.29 is 13.9 Å². The fourth-order valence-electron chi connectivity index (χ4n) is 4.74. The molecule has 1 saturated heterocycles. The van der Waals surface area contributed by atoms with E-state index in [0.717, 1.165) is 11.4 Å². The molecule has 1 aliphatic heterocycles. The lowest BCUT2D eigenvalue weighted by Gasteiger charge is -2.26. The van der Waals surface area contributed by atoms with E-state index in [0.29, 0.717) is 43.2 Å². The molecule has 1 fully saturated rings. The van der Waals surface area contributed by atoms with Crippen LogP contribution in [0.1, 0.15) is 30.7 Å². The molecule has 1 atom stereocenters. The first kappa shape index (κ1) is 25.9. The number of para-hydroxylation sites is 1. The minimum Gasteiger partial charge on any atom is -0.370 e. The summed E-state index contributed by atoms with van der Waals surface area (Å²) in [5.41, 5.74) is 2.68. The van der Waals surface area contributed by atoms with Gasteiger partial charge in [0, 0.05) is 44.5 Å². The summed E-state index contributed by atoms with van der Waals surface area (Å²) < 4.78 is 23.8. The molecule has 1 aromatic heterocycles. The first-order chi connectivity index (χ1) is 17.2. The second-order valence-corrected chi connectivity index (χ2v) is 9.93. The molecule has 3 aromatic rings. The Morgan fingerprint density at radius 1 is 1.03 bits per heavy atom. The van der Waals surface area contributed by atoms with Gasteiger partial charge in [0.05, 0.1) is 30.5 Å². The Labute approximate surface area is 211 Å². The van der Waals surface area contributed by atoms with Crippen molar-refractivity contribution in [3.05, 3.63) is 87.6 Å². The van der Waals surface area contributed by atoms with Crippen LogP contribution in [0.25, 0.3) is 5.69 Å². The number of amides is 1. The van der Waals surface area contributed by atoms with E-state index in [-0.39, 0.29) is 36.5 Å². The van der Waals surface area contributed by atoms with Crippen molar-refractivity contribution in [2.45, 2.75) is 40.0 Å². The molecule has 0 spiro atoms. The van der Waals surface area contributed by atoms with Gasteiger partial charge in [-0.05, 0) is 31.0 Å². The Morgan fingerprint density at radius 2 is 1.72 bits per heavy atom. The largest absolute Gasteiger partial charge is 0.370 e. The van der Waals surface area contributed by atoms with Gasteiger partial charge in [-0.15, -0.1) is 0 Å². The lowest BCUT2D eigenvalue weighted by Crippen LogP contribution is -2.40. The summed E-state index contributed by atoms with van der Waals surface area (Å²) in [6.07, 6.45) is -0.310. The van der Waals surface area contributed by atoms with E-state index in [2.05, 4.69) is 13.8 Å². The number of carbonyl (C=O) groups excluding carboxylic acids is 1. The van der Waals surface area contributed by atoms with E-state index in [4.69, 9.17) is 4.74 Å². The molecule has 0 bridgehead atoms. The standard InChI is InChI=1S/C28H35FN4O3/c1-20(2)14-32-16-24(36-19-22-10-8-9-13-26(22)29)15-31(18-27(32)34)17-25-21(3)30(4)33(28(25)35)23-11-6-5-7-12-23/h5-13,20,24H,14-19H2,1-4H3/t24-/m0/s1. The predicted molar refractivity (Wildman–Crippen MR) is 137 cm³/mol. The highest BCUT2D eigenvalue weighted by Crippen LogP contribution is 2.18. The monoisotopic (exact) mass is 494 g/mol. The highest BCUT2D eigenvalue weighted by molar-refractivity contribution is 5.78. The van der Waals surface area contributed by atoms with Crippen molar-refractivity contribution in [3.8, 4) is 5.69 Å². The highest BCUT2D eigenvalue weighted by atomic mass is 19.1. The first-order valence-corrected chi connectivity index (χ1v) is 12.4. The van der Waals surface area contributed by atoms with Crippen molar-refractivity contribution in [2.75, 3.05) is 26.2 Å². The van der Waals surface area contributed by atoms with Gasteiger partial charge in [0.15, 0.2) is 0 Å². The average molecular weight is 495 g/mol. The number of halogens is 1. The lowest BCUT2D eigenvalue weighted by molar-refractivity contribution is -0.132. The van der Waals surface area contributed by atoms with Crippen LogP contribution in [0.4, 0.5) is 4.39 Å². The van der Waals surface area contributed by atoms with E-state index in [1.165, 1.54) is 6.07 Å². The molecule has 0 unspecified atom stereocenters. The van der Waals surface area contributed by atoms with Crippen LogP contribution in [0.3, 0.4) is 0 Å². The number of hydrogen-bond acceptors (Lipinski definition) is 4. The Kier molecular flexibility index (Phi) is 8.06. The SMILES string of the molecule is Cc1c(CN2CC(=O)N(CC(C)C)C[C@@H](OCc3ccccc3F)C2)c(=O)n(-c2ccccc2)n1C. The summed E-state index contributed by atoms with van der Waals surface area (Å²) in [7, 11) is 1.87. The van der Waals surface area contributed by atoms with Crippen LogP contribution < -0.4 is 5.56 Å². The summed E-state index contributed by atoms with van der Waals surface area (Å²) in [4.78, 5) is 30.4. The molecule has 1 amide bonds. The molecule has 2 heterocycles. The van der Waals surface area contributed by atoms with E-state index in [1.54, 1.807) is 22.9 Å². The summed E-state index contributed by atoms with van der Waals surface area (Å²) in [5.74, 6) is 0.0132. The van der Waals surface area contributed by atoms with Gasteiger partial charge in [0.2, 0.25) is 5.91 Å². The summed E-state index contributed by atoms with van der Waals surface area (Å²) in [6.45, 7) is 8.25. The maximum absolute atomic E-state index is 14.2. The van der Waals surface area contributed by atoms with Crippen LogP contribution in [-0.2, 0) is 29.7 Å². The van der Waals surface area contributed by atoms with E-state index in [1.807, 2.05) is 58.8 Å². The molecule has 0 aliphatic carbocycles. The number of nitrogens with zero attached hydrogens (tertiary/aromatic N) is 4. The van der Waals surface area contributed by atoms with E-state index in [9.17, 15) is 14.0 Å². The summed E-state index contributed by atoms with van der Waals surface area (Å²) in [6, 6.07) is 16.1. The minimum atomic E-state index is -0.310. The fourth-order valence-corrected chi connectivity index (χ4v) is 4.74. The van der Waals surface area contributed by atoms with E-state index < -0.39 is 0 Å². The molecule has 0 radical (unpaired) electrons. The second kappa shape index (κ2) is 11.2. The van der Waals surface area contributed by atoms with Crippen LogP contribution in [-0.4, -0.2) is 57.4 Å². The van der Waals surface area contributed by atoms with Crippen molar-refractivity contribution in [2.24, 2.45) is 13.0 Å². The molecular formula is C28H35FN4O3. The molecule has 4 rings (SSSR count). The van der Waals surface area contributed by atoms with Gasteiger partial charge in [-0.25, -0.2) is 9.07 Å². The maximum Gasteiger partial charge on any atom is 0.276 e. The molecule has 36 heavy (non-hydrogen) atoms. The van der Waals surface area contributed by atoms with Crippen LogP contribution >= 0.6 is 0 Å². The summed E-state index contributed by atoms with van der Waals surface area (Å²) >= 11 is 0. The summed E-state index contributed by atoms with van der Waals surface area (Å²) in [5, 5.41) is 0. The Morgan fingerprint density at radius 3 is 2.42 bits per heavy atom. The molecule has 1 aliphatic rings. The van der Waals surface area contributed by atoms with Crippen LogP contribution in [0.2, 0.25) is 0 Å². The topological polar surface area (TPSA) is 59.7 Å². The Balaban J connectivity index is 1.58. The van der Waals surface area contributed by atoms with Crippen LogP contribution in [0.5, 0.6) is 0 Å². The number of carbonyl (C=O) groups is 1. The third-order valence-corrected chi connectivity index (χ3v) is 6.67. The van der Waals surface area contributed by atoms with Crippen LogP contribution in [0.15, 0.2) is 59.4 Å². The van der Waals surface area contributed by atoms with Gasteiger partial charge < -0.3 is 9.64 Å². The number of ether oxygens (including phenoxy) is 1. The number of rotatable bonds is 8. The normalized spacial score (nSPS) is 17.1. The Bertz CT molecular complexity index is 1250. The van der Waals surface area contributed by atoms with Gasteiger partial charge in [0.25, 0.3) is 5.56 Å². The highest BCUT2D eigenvalue weighted by Gasteiger charge is 2.30. The first-order valence-electron chi connectivity index (χ1n) is 12.4. The number of aromatic nitrogens is 2. The van der Waals surface area contributed by atoms with Crippen LogP contribution in [0, 0.1) is 18.7 Å². The third-order valence-electron chi connectivity index (χ3n) is 6.67. The molecule has 0 N–H and O–H groups in total. The van der Waals surface area contributed by atoms with Gasteiger partial charge in [0.1, 0.15) is 5.82 Å². The third kappa shape index (κ3) is 5.77. The van der Waals surface area contributed by atoms with Crippen molar-refractivity contribution in [1.29, 1.82) is 0 Å².